The van der Waals surface area contributed by atoms with Crippen LogP contribution in [0.5, 0.6) is 0 Å². The molecule has 2 aromatic heterocycles. The van der Waals surface area contributed by atoms with Crippen LogP contribution in [0, 0.1) is 0 Å². The fraction of sp³-hybridized carbons (Fsp3) is 0.452. The van der Waals surface area contributed by atoms with Crippen molar-refractivity contribution in [3.8, 4) is 0 Å². The van der Waals surface area contributed by atoms with Gasteiger partial charge in [-0.2, -0.15) is 0 Å². The topological polar surface area (TPSA) is 81.3 Å². The minimum Gasteiger partial charge on any atom is -0.346 e. The lowest BCUT2D eigenvalue weighted by molar-refractivity contribution is -0.128. The molecule has 2 amide bonds. The molecule has 39 heavy (non-hydrogen) atoms. The van der Waals surface area contributed by atoms with E-state index >= 15 is 0 Å². The highest BCUT2D eigenvalue weighted by molar-refractivity contribution is 7.20. The first-order valence-corrected chi connectivity index (χ1v) is 15.1. The van der Waals surface area contributed by atoms with Crippen molar-refractivity contribution in [1.82, 2.24) is 25.1 Å². The Labute approximate surface area is 233 Å². The molecule has 4 aromatic rings. The molecule has 0 radical (unpaired) electrons. The molecule has 1 aliphatic heterocycles. The number of carbonyl (C=O) groups is 2. The molecule has 6 rings (SSSR count). The van der Waals surface area contributed by atoms with Gasteiger partial charge in [-0.15, -0.1) is 11.3 Å². The van der Waals surface area contributed by atoms with Gasteiger partial charge in [-0.25, -0.2) is 4.98 Å². The summed E-state index contributed by atoms with van der Waals surface area (Å²) in [4.78, 5) is 40.5. The van der Waals surface area contributed by atoms with E-state index in [0.29, 0.717) is 0 Å². The van der Waals surface area contributed by atoms with Crippen molar-refractivity contribution in [2.45, 2.75) is 57.4 Å². The number of H-pyrrole nitrogens is 1. The highest BCUT2D eigenvalue weighted by Crippen LogP contribution is 2.42. The summed E-state index contributed by atoms with van der Waals surface area (Å²) in [6, 6.07) is 16.1. The van der Waals surface area contributed by atoms with Crippen LogP contribution in [-0.4, -0.2) is 64.3 Å². The molecule has 8 heteroatoms. The van der Waals surface area contributed by atoms with Crippen molar-refractivity contribution in [1.29, 1.82) is 0 Å². The van der Waals surface area contributed by atoms with Gasteiger partial charge in [-0.05, 0) is 67.6 Å². The van der Waals surface area contributed by atoms with E-state index in [1.165, 1.54) is 0 Å². The average molecular weight is 544 g/mol. The number of piperazine rings is 1. The van der Waals surface area contributed by atoms with E-state index in [4.69, 9.17) is 4.98 Å². The van der Waals surface area contributed by atoms with E-state index in [9.17, 15) is 9.59 Å². The predicted molar refractivity (Wildman–Crippen MR) is 157 cm³/mol. The SMILES string of the molecule is CCN1CCN(C(=O)c2cc3cc(C4(C(=O)NC(C)c5nc6ccccc6[nH]5)CCCCC4)ccc3s2)CC1. The van der Waals surface area contributed by atoms with Gasteiger partial charge in [0.15, 0.2) is 0 Å². The molecule has 2 N–H and O–H groups in total. The second-order valence-corrected chi connectivity index (χ2v) is 12.2. The summed E-state index contributed by atoms with van der Waals surface area (Å²) >= 11 is 1.56. The number of thiophene rings is 1. The summed E-state index contributed by atoms with van der Waals surface area (Å²) in [6.45, 7) is 8.60. The van der Waals surface area contributed by atoms with Crippen molar-refractivity contribution in [3.05, 3.63) is 64.8 Å². The second-order valence-electron chi connectivity index (χ2n) is 11.1. The van der Waals surface area contributed by atoms with Crippen LogP contribution in [0.2, 0.25) is 0 Å². The van der Waals surface area contributed by atoms with Crippen LogP contribution in [0.4, 0.5) is 0 Å². The van der Waals surface area contributed by atoms with Crippen LogP contribution in [0.15, 0.2) is 48.5 Å². The normalized spacial score (nSPS) is 18.9. The number of aromatic nitrogens is 2. The fourth-order valence-corrected chi connectivity index (χ4v) is 7.26. The molecule has 1 atom stereocenters. The van der Waals surface area contributed by atoms with Crippen LogP contribution in [0.3, 0.4) is 0 Å². The molecule has 0 spiro atoms. The van der Waals surface area contributed by atoms with Crippen molar-refractivity contribution >= 4 is 44.3 Å². The molecule has 7 nitrogen and oxygen atoms in total. The Balaban J connectivity index is 1.25. The first-order valence-electron chi connectivity index (χ1n) is 14.3. The van der Waals surface area contributed by atoms with Crippen LogP contribution < -0.4 is 5.32 Å². The zero-order chi connectivity index (χ0) is 27.0. The van der Waals surface area contributed by atoms with Gasteiger partial charge in [-0.3, -0.25) is 9.59 Å². The maximum absolute atomic E-state index is 14.0. The highest BCUT2D eigenvalue weighted by Gasteiger charge is 2.42. The Morgan fingerprint density at radius 3 is 2.56 bits per heavy atom. The first kappa shape index (κ1) is 26.0. The Hall–Kier alpha value is -3.23. The third-order valence-corrected chi connectivity index (χ3v) is 9.80. The summed E-state index contributed by atoms with van der Waals surface area (Å²) in [7, 11) is 0. The minimum absolute atomic E-state index is 0.0647. The number of hydrogen-bond acceptors (Lipinski definition) is 5. The maximum Gasteiger partial charge on any atom is 0.264 e. The van der Waals surface area contributed by atoms with Crippen molar-refractivity contribution in [2.24, 2.45) is 0 Å². The third kappa shape index (κ3) is 4.96. The molecule has 1 unspecified atom stereocenters. The number of likely N-dealkylation sites (N-methyl/N-ethyl adjacent to an activating group) is 1. The number of amides is 2. The number of aromatic amines is 1. The van der Waals surface area contributed by atoms with Gasteiger partial charge in [-0.1, -0.05) is 44.4 Å². The van der Waals surface area contributed by atoms with Crippen LogP contribution >= 0.6 is 11.3 Å². The van der Waals surface area contributed by atoms with Gasteiger partial charge in [0.25, 0.3) is 5.91 Å². The van der Waals surface area contributed by atoms with E-state index in [0.717, 1.165) is 102 Å². The summed E-state index contributed by atoms with van der Waals surface area (Å²) in [5.41, 5.74) is 2.36. The van der Waals surface area contributed by atoms with Crippen molar-refractivity contribution < 1.29 is 9.59 Å². The van der Waals surface area contributed by atoms with Crippen molar-refractivity contribution in [3.63, 3.8) is 0 Å². The maximum atomic E-state index is 14.0. The number of nitrogens with zero attached hydrogens (tertiary/aromatic N) is 3. The summed E-state index contributed by atoms with van der Waals surface area (Å²) in [5, 5.41) is 4.35. The van der Waals surface area contributed by atoms with E-state index in [-0.39, 0.29) is 17.9 Å². The molecule has 2 aromatic carbocycles. The zero-order valence-corrected chi connectivity index (χ0v) is 23.7. The number of para-hydroxylation sites is 2. The van der Waals surface area contributed by atoms with E-state index in [1.807, 2.05) is 42.2 Å². The lowest BCUT2D eigenvalue weighted by Gasteiger charge is -2.37. The number of rotatable bonds is 6. The molecule has 1 saturated heterocycles. The van der Waals surface area contributed by atoms with Crippen LogP contribution in [0.25, 0.3) is 21.1 Å². The Morgan fingerprint density at radius 2 is 1.82 bits per heavy atom. The Morgan fingerprint density at radius 1 is 1.05 bits per heavy atom. The lowest BCUT2D eigenvalue weighted by atomic mass is 9.68. The largest absolute Gasteiger partial charge is 0.346 e. The molecule has 3 heterocycles. The number of fused-ring (bicyclic) bond motifs is 2. The molecule has 0 bridgehead atoms. The summed E-state index contributed by atoms with van der Waals surface area (Å²) in [5.74, 6) is 0.958. The number of imidazole rings is 1. The van der Waals surface area contributed by atoms with Gasteiger partial charge in [0, 0.05) is 30.9 Å². The number of nitrogens with one attached hydrogen (secondary N) is 2. The molecule has 2 aliphatic rings. The molecular weight excluding hydrogens is 506 g/mol. The highest BCUT2D eigenvalue weighted by atomic mass is 32.1. The van der Waals surface area contributed by atoms with Gasteiger partial charge in [0.05, 0.1) is 27.4 Å². The first-order chi connectivity index (χ1) is 19.0. The second kappa shape index (κ2) is 10.7. The van der Waals surface area contributed by atoms with Crippen LogP contribution in [0.1, 0.15) is 73.1 Å². The average Bonchev–Trinajstić information content (AvgIpc) is 3.61. The van der Waals surface area contributed by atoms with E-state index in [1.54, 1.807) is 11.3 Å². The van der Waals surface area contributed by atoms with Crippen LogP contribution in [-0.2, 0) is 10.2 Å². The van der Waals surface area contributed by atoms with E-state index in [2.05, 4.69) is 40.3 Å². The summed E-state index contributed by atoms with van der Waals surface area (Å²) in [6.07, 6.45) is 4.87. The minimum atomic E-state index is -0.574. The molecule has 2 fully saturated rings. The zero-order valence-electron chi connectivity index (χ0n) is 22.8. The van der Waals surface area contributed by atoms with Gasteiger partial charge in [0.1, 0.15) is 5.82 Å². The molecule has 204 valence electrons. The Bertz CT molecular complexity index is 1460. The third-order valence-electron chi connectivity index (χ3n) is 8.69. The molecular formula is C31H37N5O2S. The number of hydrogen-bond donors (Lipinski definition) is 2. The molecule has 1 aliphatic carbocycles. The number of carbonyl (C=O) groups excluding carboxylic acids is 2. The van der Waals surface area contributed by atoms with E-state index < -0.39 is 5.41 Å². The van der Waals surface area contributed by atoms with Gasteiger partial charge >= 0.3 is 0 Å². The van der Waals surface area contributed by atoms with Crippen molar-refractivity contribution in [2.75, 3.05) is 32.7 Å². The lowest BCUT2D eigenvalue weighted by Crippen LogP contribution is -2.48. The monoisotopic (exact) mass is 543 g/mol. The Kier molecular flexibility index (Phi) is 7.16. The number of benzene rings is 2. The van der Waals surface area contributed by atoms with Gasteiger partial charge < -0.3 is 20.1 Å². The van der Waals surface area contributed by atoms with Gasteiger partial charge in [0.2, 0.25) is 5.91 Å². The quantitative estimate of drug-likeness (QED) is 0.330. The smallest absolute Gasteiger partial charge is 0.264 e. The predicted octanol–water partition coefficient (Wildman–Crippen LogP) is 5.63. The summed E-state index contributed by atoms with van der Waals surface area (Å²) < 4.78 is 1.09. The molecule has 1 saturated carbocycles. The fourth-order valence-electron chi connectivity index (χ4n) is 6.25. The standard InChI is InChI=1S/C31H37N5O2S/c1-3-35-15-17-36(18-16-35)29(37)27-20-22-19-23(11-12-26(22)39-27)31(13-7-4-8-14-31)30(38)32-21(2)28-33-24-9-5-6-10-25(24)34-28/h5-6,9-12,19-21H,3-4,7-8,13-18H2,1-2H3,(H,32,38)(H,33,34).